The van der Waals surface area contributed by atoms with E-state index in [2.05, 4.69) is 32.7 Å². The second-order valence-electron chi connectivity index (χ2n) is 10.2. The van der Waals surface area contributed by atoms with Crippen molar-refractivity contribution in [2.75, 3.05) is 5.32 Å². The zero-order valence-corrected chi connectivity index (χ0v) is 21.0. The maximum atomic E-state index is 11.8. The molecule has 2 aliphatic carbocycles. The number of aliphatic carboxylic acids is 1. The molecule has 2 N–H and O–H groups in total. The van der Waals surface area contributed by atoms with Crippen LogP contribution in [0.5, 0.6) is 5.75 Å². The summed E-state index contributed by atoms with van der Waals surface area (Å²) in [5.74, 6) is 1.39. The highest BCUT2D eigenvalue weighted by molar-refractivity contribution is 5.74. The van der Waals surface area contributed by atoms with Crippen LogP contribution in [0.15, 0.2) is 16.7 Å². The van der Waals surface area contributed by atoms with E-state index in [1.54, 1.807) is 4.68 Å². The van der Waals surface area contributed by atoms with Crippen molar-refractivity contribution in [3.05, 3.63) is 29.4 Å². The van der Waals surface area contributed by atoms with Crippen LogP contribution in [-0.4, -0.2) is 47.3 Å². The quantitative estimate of drug-likeness (QED) is 0.422. The second kappa shape index (κ2) is 9.87. The SMILES string of the molecule is CCCc1nc(NCc2c(-c3ccc(O[C@H]4CCC[C@](C)(C(=O)O)C4)c(C4CC4)n3)nnn2C)no1. The molecule has 2 fully saturated rings. The average molecular weight is 496 g/mol. The van der Waals surface area contributed by atoms with Gasteiger partial charge in [0.25, 0.3) is 5.95 Å². The summed E-state index contributed by atoms with van der Waals surface area (Å²) < 4.78 is 13.3. The van der Waals surface area contributed by atoms with Crippen LogP contribution in [0.3, 0.4) is 0 Å². The Morgan fingerprint density at radius 1 is 1.31 bits per heavy atom. The van der Waals surface area contributed by atoms with Crippen molar-refractivity contribution in [3.63, 3.8) is 0 Å². The first-order valence-corrected chi connectivity index (χ1v) is 12.7. The lowest BCUT2D eigenvalue weighted by Gasteiger charge is -2.35. The van der Waals surface area contributed by atoms with Gasteiger partial charge >= 0.3 is 5.97 Å². The predicted molar refractivity (Wildman–Crippen MR) is 130 cm³/mol. The molecule has 0 amide bonds. The van der Waals surface area contributed by atoms with Gasteiger partial charge in [-0.3, -0.25) is 4.79 Å². The standard InChI is InChI=1S/C25H33N7O4/c1-4-6-20-28-24(30-36-20)26-14-18-22(29-31-32(18)3)17-10-11-19(21(27-17)15-8-9-15)35-16-7-5-12-25(2,13-16)23(33)34/h10-11,15-16H,4-9,12-14H2,1-3H3,(H,26,30)(H,33,34)/t16-,25-/m0/s1. The number of carboxylic acids is 1. The van der Waals surface area contributed by atoms with Crippen LogP contribution in [0, 0.1) is 5.41 Å². The molecule has 0 aliphatic heterocycles. The molecule has 0 spiro atoms. The Labute approximate surface area is 209 Å². The molecule has 3 aromatic rings. The molecule has 192 valence electrons. The van der Waals surface area contributed by atoms with Crippen molar-refractivity contribution in [2.45, 2.75) is 83.8 Å². The highest BCUT2D eigenvalue weighted by Crippen LogP contribution is 2.45. The predicted octanol–water partition coefficient (Wildman–Crippen LogP) is 4.11. The molecule has 3 aromatic heterocycles. The van der Waals surface area contributed by atoms with Crippen molar-refractivity contribution in [3.8, 4) is 17.1 Å². The Morgan fingerprint density at radius 2 is 2.14 bits per heavy atom. The number of pyridine rings is 1. The fraction of sp³-hybridized carbons (Fsp3) is 0.600. The van der Waals surface area contributed by atoms with Crippen molar-refractivity contribution in [1.82, 2.24) is 30.1 Å². The van der Waals surface area contributed by atoms with E-state index in [0.29, 0.717) is 42.8 Å². The van der Waals surface area contributed by atoms with Gasteiger partial charge in [0.1, 0.15) is 11.4 Å². The Morgan fingerprint density at radius 3 is 2.89 bits per heavy atom. The largest absolute Gasteiger partial charge is 0.488 e. The maximum absolute atomic E-state index is 11.8. The van der Waals surface area contributed by atoms with E-state index in [-0.39, 0.29) is 6.10 Å². The zero-order chi connectivity index (χ0) is 25.3. The van der Waals surface area contributed by atoms with E-state index in [1.165, 1.54) is 0 Å². The van der Waals surface area contributed by atoms with Crippen molar-refractivity contribution < 1.29 is 19.2 Å². The van der Waals surface area contributed by atoms with E-state index in [4.69, 9.17) is 14.2 Å². The number of hydrogen-bond donors (Lipinski definition) is 2. The molecule has 0 unspecified atom stereocenters. The lowest BCUT2D eigenvalue weighted by Crippen LogP contribution is -2.38. The van der Waals surface area contributed by atoms with E-state index in [1.807, 2.05) is 26.1 Å². The van der Waals surface area contributed by atoms with Gasteiger partial charge in [-0.1, -0.05) is 12.1 Å². The molecule has 0 saturated heterocycles. The van der Waals surface area contributed by atoms with Gasteiger partial charge in [0.2, 0.25) is 5.89 Å². The van der Waals surface area contributed by atoms with Crippen LogP contribution in [0.2, 0.25) is 0 Å². The second-order valence-corrected chi connectivity index (χ2v) is 10.2. The molecule has 11 nitrogen and oxygen atoms in total. The Bertz CT molecular complexity index is 1230. The summed E-state index contributed by atoms with van der Waals surface area (Å²) >= 11 is 0. The first-order valence-electron chi connectivity index (χ1n) is 12.7. The molecule has 2 aliphatic rings. The van der Waals surface area contributed by atoms with Crippen molar-refractivity contribution in [2.24, 2.45) is 12.5 Å². The van der Waals surface area contributed by atoms with E-state index < -0.39 is 11.4 Å². The average Bonchev–Trinajstić information content (AvgIpc) is 3.50. The number of nitrogens with zero attached hydrogens (tertiary/aromatic N) is 6. The number of anilines is 1. The summed E-state index contributed by atoms with van der Waals surface area (Å²) in [7, 11) is 1.84. The fourth-order valence-electron chi connectivity index (χ4n) is 4.82. The summed E-state index contributed by atoms with van der Waals surface area (Å²) in [6.45, 7) is 4.29. The van der Waals surface area contributed by atoms with E-state index in [0.717, 1.165) is 61.4 Å². The first-order chi connectivity index (χ1) is 17.4. The van der Waals surface area contributed by atoms with Crippen LogP contribution in [0.1, 0.15) is 82.0 Å². The molecule has 36 heavy (non-hydrogen) atoms. The van der Waals surface area contributed by atoms with Gasteiger partial charge in [-0.05, 0) is 62.7 Å². The number of aromatic nitrogens is 6. The molecule has 3 heterocycles. The minimum Gasteiger partial charge on any atom is -0.488 e. The Hall–Kier alpha value is -3.50. The minimum atomic E-state index is -0.752. The number of hydrogen-bond acceptors (Lipinski definition) is 9. The summed E-state index contributed by atoms with van der Waals surface area (Å²) in [4.78, 5) is 21.1. The lowest BCUT2D eigenvalue weighted by molar-refractivity contribution is -0.151. The third kappa shape index (κ3) is 5.05. The molecule has 0 aromatic carbocycles. The van der Waals surface area contributed by atoms with Gasteiger partial charge in [-0.2, -0.15) is 4.98 Å². The van der Waals surface area contributed by atoms with Crippen LogP contribution in [0.4, 0.5) is 5.95 Å². The van der Waals surface area contributed by atoms with E-state index >= 15 is 0 Å². The Kier molecular flexibility index (Phi) is 6.63. The fourth-order valence-corrected chi connectivity index (χ4v) is 4.82. The minimum absolute atomic E-state index is 0.131. The number of nitrogens with one attached hydrogen (secondary N) is 1. The van der Waals surface area contributed by atoms with Crippen LogP contribution >= 0.6 is 0 Å². The molecule has 2 saturated carbocycles. The van der Waals surface area contributed by atoms with Crippen LogP contribution in [-0.2, 0) is 24.8 Å². The molecule has 5 rings (SSSR count). The first kappa shape index (κ1) is 24.2. The van der Waals surface area contributed by atoms with Gasteiger partial charge in [0.15, 0.2) is 0 Å². The number of ether oxygens (including phenoxy) is 1. The molecule has 0 bridgehead atoms. The summed E-state index contributed by atoms with van der Waals surface area (Å²) in [6, 6.07) is 3.85. The summed E-state index contributed by atoms with van der Waals surface area (Å²) in [5.41, 5.74) is 2.44. The normalized spacial score (nSPS) is 21.9. The zero-order valence-electron chi connectivity index (χ0n) is 21.0. The van der Waals surface area contributed by atoms with Crippen LogP contribution < -0.4 is 10.1 Å². The molecule has 0 radical (unpaired) electrons. The van der Waals surface area contributed by atoms with Gasteiger partial charge in [0.05, 0.1) is 35.1 Å². The summed E-state index contributed by atoms with van der Waals surface area (Å²) in [5, 5.41) is 25.4. The topological polar surface area (TPSA) is 141 Å². The smallest absolute Gasteiger partial charge is 0.309 e. The highest BCUT2D eigenvalue weighted by Gasteiger charge is 2.40. The van der Waals surface area contributed by atoms with Crippen LogP contribution in [0.25, 0.3) is 11.4 Å². The number of aryl methyl sites for hydroxylation is 2. The van der Waals surface area contributed by atoms with Gasteiger partial charge in [0, 0.05) is 25.8 Å². The Balaban J connectivity index is 1.35. The molecule has 2 atom stereocenters. The van der Waals surface area contributed by atoms with E-state index in [9.17, 15) is 9.90 Å². The summed E-state index contributed by atoms with van der Waals surface area (Å²) in [6.07, 6.45) is 6.56. The number of carbonyl (C=O) groups is 1. The van der Waals surface area contributed by atoms with Gasteiger partial charge in [-0.15, -0.1) is 5.10 Å². The maximum Gasteiger partial charge on any atom is 0.309 e. The monoisotopic (exact) mass is 495 g/mol. The molecular formula is C25H33N7O4. The van der Waals surface area contributed by atoms with Crippen molar-refractivity contribution >= 4 is 11.9 Å². The molecule has 11 heteroatoms. The molecular weight excluding hydrogens is 462 g/mol. The third-order valence-corrected chi connectivity index (χ3v) is 7.12. The van der Waals surface area contributed by atoms with Gasteiger partial charge < -0.3 is 19.7 Å². The number of carboxylic acid groups (broad SMARTS) is 1. The lowest BCUT2D eigenvalue weighted by atomic mass is 9.74. The van der Waals surface area contributed by atoms with Crippen molar-refractivity contribution in [1.29, 1.82) is 0 Å². The third-order valence-electron chi connectivity index (χ3n) is 7.12. The highest BCUT2D eigenvalue weighted by atomic mass is 16.5. The van der Waals surface area contributed by atoms with Gasteiger partial charge in [-0.25, -0.2) is 9.67 Å². The number of rotatable bonds is 10.